The first-order valence-corrected chi connectivity index (χ1v) is 10.1. The molecule has 0 aliphatic heterocycles. The Labute approximate surface area is 168 Å². The highest BCUT2D eigenvalue weighted by Gasteiger charge is 2.07. The summed E-state index contributed by atoms with van der Waals surface area (Å²) in [7, 11) is -2.59. The van der Waals surface area contributed by atoms with Crippen LogP contribution in [0.4, 0.5) is 4.39 Å². The predicted octanol–water partition coefficient (Wildman–Crippen LogP) is 3.01. The standard InChI is InChI=1S/C20H18ClFN2O3S/c21-18-7-5-17(19(22)11-18)13-24-12-16(6-8-20(24)25)15-3-1-14(2-4-15)9-10-23-28(26)27/h1-8,11-12,28H,9-10,13H2,(H,23,26,27). The fourth-order valence-electron chi connectivity index (χ4n) is 2.81. The highest BCUT2D eigenvalue weighted by molar-refractivity contribution is 7.70. The first-order chi connectivity index (χ1) is 13.4. The van der Waals surface area contributed by atoms with Gasteiger partial charge in [-0.25, -0.2) is 17.5 Å². The molecular weight excluding hydrogens is 403 g/mol. The van der Waals surface area contributed by atoms with Crippen LogP contribution in [0.3, 0.4) is 0 Å². The minimum atomic E-state index is -2.59. The molecule has 0 aliphatic carbocycles. The third-order valence-electron chi connectivity index (χ3n) is 4.28. The highest BCUT2D eigenvalue weighted by atomic mass is 35.5. The van der Waals surface area contributed by atoms with Gasteiger partial charge in [-0.05, 0) is 41.3 Å². The van der Waals surface area contributed by atoms with Gasteiger partial charge >= 0.3 is 0 Å². The zero-order valence-electron chi connectivity index (χ0n) is 14.8. The Morgan fingerprint density at radius 3 is 2.39 bits per heavy atom. The first kappa shape index (κ1) is 20.3. The second-order valence-electron chi connectivity index (χ2n) is 6.23. The molecule has 0 bridgehead atoms. The van der Waals surface area contributed by atoms with E-state index in [9.17, 15) is 17.6 Å². The third kappa shape index (κ3) is 5.28. The van der Waals surface area contributed by atoms with Crippen molar-refractivity contribution in [2.24, 2.45) is 0 Å². The maximum absolute atomic E-state index is 14.0. The molecule has 0 atom stereocenters. The summed E-state index contributed by atoms with van der Waals surface area (Å²) in [5, 5.41) is 0.305. The minimum absolute atomic E-state index is 0.104. The molecular formula is C20H18ClFN2O3S. The van der Waals surface area contributed by atoms with Crippen molar-refractivity contribution in [3.8, 4) is 11.1 Å². The second kappa shape index (κ2) is 9.14. The van der Waals surface area contributed by atoms with E-state index in [0.717, 1.165) is 16.7 Å². The lowest BCUT2D eigenvalue weighted by atomic mass is 10.0. The summed E-state index contributed by atoms with van der Waals surface area (Å²) in [6, 6.07) is 15.2. The Bertz CT molecular complexity index is 1100. The Hall–Kier alpha value is -2.48. The SMILES string of the molecule is O=c1ccc(-c2ccc(CCN[SH](=O)=O)cc2)cn1Cc1ccc(Cl)cc1F. The zero-order valence-corrected chi connectivity index (χ0v) is 16.4. The lowest BCUT2D eigenvalue weighted by Crippen LogP contribution is -2.19. The summed E-state index contributed by atoms with van der Waals surface area (Å²) in [5.41, 5.74) is 2.86. The molecule has 0 spiro atoms. The molecule has 28 heavy (non-hydrogen) atoms. The average molecular weight is 421 g/mol. The van der Waals surface area contributed by atoms with Gasteiger partial charge in [-0.15, -0.1) is 0 Å². The van der Waals surface area contributed by atoms with E-state index in [1.165, 1.54) is 16.7 Å². The van der Waals surface area contributed by atoms with Crippen molar-refractivity contribution in [2.45, 2.75) is 13.0 Å². The second-order valence-corrected chi connectivity index (χ2v) is 7.50. The molecule has 3 rings (SSSR count). The van der Waals surface area contributed by atoms with Gasteiger partial charge in [0.25, 0.3) is 5.56 Å². The molecule has 0 unspecified atom stereocenters. The van der Waals surface area contributed by atoms with Crippen molar-refractivity contribution < 1.29 is 12.8 Å². The molecule has 0 radical (unpaired) electrons. The molecule has 0 saturated carbocycles. The number of pyridine rings is 1. The summed E-state index contributed by atoms with van der Waals surface area (Å²) in [6.45, 7) is 0.447. The van der Waals surface area contributed by atoms with Crippen molar-refractivity contribution in [1.29, 1.82) is 0 Å². The van der Waals surface area contributed by atoms with Gasteiger partial charge in [-0.3, -0.25) is 4.79 Å². The van der Waals surface area contributed by atoms with E-state index in [0.29, 0.717) is 23.6 Å². The molecule has 8 heteroatoms. The van der Waals surface area contributed by atoms with Gasteiger partial charge in [0.2, 0.25) is 10.9 Å². The van der Waals surface area contributed by atoms with Crippen LogP contribution in [0.25, 0.3) is 11.1 Å². The first-order valence-electron chi connectivity index (χ1n) is 8.54. The maximum Gasteiger partial charge on any atom is 0.250 e. The largest absolute Gasteiger partial charge is 0.310 e. The summed E-state index contributed by atoms with van der Waals surface area (Å²) in [5.74, 6) is -0.456. The maximum atomic E-state index is 14.0. The number of rotatable bonds is 7. The Morgan fingerprint density at radius 1 is 1.00 bits per heavy atom. The average Bonchev–Trinajstić information content (AvgIpc) is 2.66. The van der Waals surface area contributed by atoms with Gasteiger partial charge < -0.3 is 4.57 Å². The van der Waals surface area contributed by atoms with E-state index in [2.05, 4.69) is 4.72 Å². The van der Waals surface area contributed by atoms with Crippen molar-refractivity contribution in [3.05, 3.63) is 93.1 Å². The summed E-state index contributed by atoms with van der Waals surface area (Å²) < 4.78 is 38.9. The van der Waals surface area contributed by atoms with Crippen molar-refractivity contribution >= 4 is 22.5 Å². The summed E-state index contributed by atoms with van der Waals surface area (Å²) in [4.78, 5) is 12.2. The lowest BCUT2D eigenvalue weighted by Gasteiger charge is -2.10. The van der Waals surface area contributed by atoms with E-state index in [-0.39, 0.29) is 12.1 Å². The molecule has 146 valence electrons. The molecule has 0 aliphatic rings. The van der Waals surface area contributed by atoms with Crippen molar-refractivity contribution in [2.75, 3.05) is 6.54 Å². The number of nitrogens with one attached hydrogen (secondary N) is 1. The number of nitrogens with zero attached hydrogens (tertiary/aromatic N) is 1. The van der Waals surface area contributed by atoms with Crippen LogP contribution in [0.15, 0.2) is 65.6 Å². The van der Waals surface area contributed by atoms with Gasteiger partial charge in [0.15, 0.2) is 0 Å². The monoisotopic (exact) mass is 420 g/mol. The van der Waals surface area contributed by atoms with Crippen LogP contribution < -0.4 is 10.3 Å². The van der Waals surface area contributed by atoms with Crippen LogP contribution in [0.1, 0.15) is 11.1 Å². The van der Waals surface area contributed by atoms with Crippen LogP contribution >= 0.6 is 11.6 Å². The van der Waals surface area contributed by atoms with Crippen LogP contribution in [0.5, 0.6) is 0 Å². The van der Waals surface area contributed by atoms with E-state index in [1.54, 1.807) is 24.4 Å². The van der Waals surface area contributed by atoms with Crippen molar-refractivity contribution in [1.82, 2.24) is 9.29 Å². The smallest absolute Gasteiger partial charge is 0.250 e. The van der Waals surface area contributed by atoms with Gasteiger partial charge in [0, 0.05) is 29.4 Å². The number of hydrogen-bond acceptors (Lipinski definition) is 3. The number of aromatic nitrogens is 1. The third-order valence-corrected chi connectivity index (χ3v) is 5.00. The Morgan fingerprint density at radius 2 is 1.71 bits per heavy atom. The minimum Gasteiger partial charge on any atom is -0.310 e. The molecule has 1 aromatic heterocycles. The highest BCUT2D eigenvalue weighted by Crippen LogP contribution is 2.20. The van der Waals surface area contributed by atoms with E-state index in [4.69, 9.17) is 11.6 Å². The quantitative estimate of drug-likeness (QED) is 0.577. The number of hydrogen-bond donors (Lipinski definition) is 2. The molecule has 0 amide bonds. The molecule has 1 N–H and O–H groups in total. The van der Waals surface area contributed by atoms with Gasteiger partial charge in [-0.2, -0.15) is 0 Å². The normalized spacial score (nSPS) is 11.1. The Kier molecular flexibility index (Phi) is 6.61. The Balaban J connectivity index is 1.79. The topological polar surface area (TPSA) is 68.2 Å². The fraction of sp³-hybridized carbons (Fsp3) is 0.150. The van der Waals surface area contributed by atoms with E-state index < -0.39 is 16.7 Å². The molecule has 0 saturated heterocycles. The van der Waals surface area contributed by atoms with Crippen molar-refractivity contribution in [3.63, 3.8) is 0 Å². The summed E-state index contributed by atoms with van der Waals surface area (Å²) >= 11 is 5.77. The zero-order chi connectivity index (χ0) is 20.1. The number of benzene rings is 2. The van der Waals surface area contributed by atoms with E-state index in [1.807, 2.05) is 24.3 Å². The van der Waals surface area contributed by atoms with Crippen LogP contribution in [0, 0.1) is 5.82 Å². The van der Waals surface area contributed by atoms with Gasteiger partial charge in [0.1, 0.15) is 5.82 Å². The van der Waals surface area contributed by atoms with Crippen LogP contribution in [0.2, 0.25) is 5.02 Å². The molecule has 3 aromatic rings. The number of thiol groups is 1. The number of halogens is 2. The fourth-order valence-corrected chi connectivity index (χ4v) is 3.27. The molecule has 1 heterocycles. The predicted molar refractivity (Wildman–Crippen MR) is 109 cm³/mol. The van der Waals surface area contributed by atoms with Crippen LogP contribution in [-0.4, -0.2) is 19.5 Å². The molecule has 5 nitrogen and oxygen atoms in total. The summed E-state index contributed by atoms with van der Waals surface area (Å²) in [6.07, 6.45) is 2.27. The molecule has 2 aromatic carbocycles. The van der Waals surface area contributed by atoms with Gasteiger partial charge in [-0.1, -0.05) is 41.9 Å². The molecule has 0 fully saturated rings. The van der Waals surface area contributed by atoms with Gasteiger partial charge in [0.05, 0.1) is 6.54 Å². The van der Waals surface area contributed by atoms with Crippen LogP contribution in [-0.2, 0) is 23.9 Å². The lowest BCUT2D eigenvalue weighted by molar-refractivity contribution is 0.596. The van der Waals surface area contributed by atoms with E-state index >= 15 is 0 Å².